The van der Waals surface area contributed by atoms with Gasteiger partial charge in [-0.25, -0.2) is 4.98 Å². The van der Waals surface area contributed by atoms with Gasteiger partial charge in [0, 0.05) is 37.2 Å². The van der Waals surface area contributed by atoms with Crippen molar-refractivity contribution >= 4 is 28.8 Å². The van der Waals surface area contributed by atoms with Crippen LogP contribution in [0.3, 0.4) is 0 Å². The number of amides is 2. The normalized spacial score (nSPS) is 14.5. The first-order chi connectivity index (χ1) is 15.4. The van der Waals surface area contributed by atoms with Crippen LogP contribution in [0.4, 0.5) is 5.69 Å². The summed E-state index contributed by atoms with van der Waals surface area (Å²) in [5.74, 6) is 1.62. The Morgan fingerprint density at radius 1 is 1.09 bits per heavy atom. The number of thiazole rings is 1. The van der Waals surface area contributed by atoms with Crippen molar-refractivity contribution in [1.29, 1.82) is 0 Å². The van der Waals surface area contributed by atoms with Crippen LogP contribution in [0, 0.1) is 20.8 Å². The fraction of sp³-hybridized carbons (Fsp3) is 0.375. The number of anilines is 1. The number of nitrogens with zero attached hydrogens (tertiary/aromatic N) is 3. The van der Waals surface area contributed by atoms with Crippen LogP contribution in [-0.4, -0.2) is 59.3 Å². The number of nitrogens with one attached hydrogen (secondary N) is 1. The average molecular weight is 453 g/mol. The van der Waals surface area contributed by atoms with Crippen molar-refractivity contribution < 1.29 is 14.0 Å². The first-order valence-corrected chi connectivity index (χ1v) is 11.6. The molecule has 3 aromatic rings. The van der Waals surface area contributed by atoms with Gasteiger partial charge >= 0.3 is 0 Å². The molecule has 4 rings (SSSR count). The first-order valence-electron chi connectivity index (χ1n) is 10.8. The highest BCUT2D eigenvalue weighted by molar-refractivity contribution is 7.13. The van der Waals surface area contributed by atoms with Gasteiger partial charge in [0.2, 0.25) is 11.8 Å². The van der Waals surface area contributed by atoms with Crippen LogP contribution >= 0.6 is 11.3 Å². The topological polar surface area (TPSA) is 78.7 Å². The van der Waals surface area contributed by atoms with Crippen molar-refractivity contribution in [2.45, 2.75) is 27.2 Å². The number of piperazine rings is 1. The number of benzene rings is 1. The summed E-state index contributed by atoms with van der Waals surface area (Å²) in [4.78, 5) is 33.7. The van der Waals surface area contributed by atoms with Gasteiger partial charge in [0.05, 0.1) is 18.7 Å². The third kappa shape index (κ3) is 5.26. The van der Waals surface area contributed by atoms with E-state index in [-0.39, 0.29) is 18.2 Å². The smallest absolute Gasteiger partial charge is 0.238 e. The Hall–Kier alpha value is -2.97. The van der Waals surface area contributed by atoms with E-state index in [4.69, 9.17) is 4.42 Å². The molecule has 0 bridgehead atoms. The lowest BCUT2D eigenvalue weighted by atomic mass is 10.1. The van der Waals surface area contributed by atoms with E-state index in [1.165, 1.54) is 11.3 Å². The van der Waals surface area contributed by atoms with Crippen LogP contribution in [0.5, 0.6) is 0 Å². The number of carbonyl (C=O) groups excluding carboxylic acids is 2. The largest absolute Gasteiger partial charge is 0.459 e. The fourth-order valence-corrected chi connectivity index (χ4v) is 4.53. The Bertz CT molecular complexity index is 1110. The number of aromatic nitrogens is 1. The standard InChI is InChI=1S/C24H28N4O3S/c1-16-5-4-6-20(18(16)3)26-22(29)14-27-9-11-28(12-10-27)23(30)13-19-15-32-24(25-19)21-8-7-17(2)31-21/h4-8,15H,9-14H2,1-3H3,(H,26,29). The minimum atomic E-state index is -0.0263. The maximum atomic E-state index is 12.7. The summed E-state index contributed by atoms with van der Waals surface area (Å²) in [6.07, 6.45) is 0.281. The average Bonchev–Trinajstić information content (AvgIpc) is 3.41. The first kappa shape index (κ1) is 22.2. The predicted octanol–water partition coefficient (Wildman–Crippen LogP) is 3.65. The van der Waals surface area contributed by atoms with Crippen LogP contribution in [0.25, 0.3) is 10.8 Å². The van der Waals surface area contributed by atoms with Gasteiger partial charge in [0.1, 0.15) is 5.76 Å². The Kier molecular flexibility index (Phi) is 6.72. The molecule has 3 heterocycles. The SMILES string of the molecule is Cc1ccc(-c2nc(CC(=O)N3CCN(CC(=O)Nc4cccc(C)c4C)CC3)cs2)o1. The Morgan fingerprint density at radius 2 is 1.88 bits per heavy atom. The van der Waals surface area contributed by atoms with Gasteiger partial charge in [-0.15, -0.1) is 11.3 Å². The fourth-order valence-electron chi connectivity index (χ4n) is 3.75. The summed E-state index contributed by atoms with van der Waals surface area (Å²) in [6.45, 7) is 8.86. The molecule has 0 radical (unpaired) electrons. The molecular weight excluding hydrogens is 424 g/mol. The molecular formula is C24H28N4O3S. The molecule has 0 aliphatic carbocycles. The number of aryl methyl sites for hydroxylation is 2. The third-order valence-electron chi connectivity index (χ3n) is 5.81. The molecule has 168 valence electrons. The summed E-state index contributed by atoms with van der Waals surface area (Å²) < 4.78 is 5.61. The van der Waals surface area contributed by atoms with Crippen LogP contribution in [0.2, 0.25) is 0 Å². The predicted molar refractivity (Wildman–Crippen MR) is 126 cm³/mol. The van der Waals surface area contributed by atoms with E-state index in [1.807, 2.05) is 61.4 Å². The summed E-state index contributed by atoms with van der Waals surface area (Å²) in [7, 11) is 0. The summed E-state index contributed by atoms with van der Waals surface area (Å²) in [5, 5.41) is 5.71. The van der Waals surface area contributed by atoms with Crippen LogP contribution in [0.1, 0.15) is 22.6 Å². The molecule has 1 aliphatic heterocycles. The minimum Gasteiger partial charge on any atom is -0.459 e. The lowest BCUT2D eigenvalue weighted by Crippen LogP contribution is -2.50. The molecule has 0 atom stereocenters. The molecule has 32 heavy (non-hydrogen) atoms. The van der Waals surface area contributed by atoms with E-state index in [9.17, 15) is 9.59 Å². The van der Waals surface area contributed by atoms with Gasteiger partial charge in [-0.1, -0.05) is 12.1 Å². The highest BCUT2D eigenvalue weighted by atomic mass is 32.1. The number of furan rings is 1. The maximum Gasteiger partial charge on any atom is 0.238 e. The lowest BCUT2D eigenvalue weighted by molar-refractivity contribution is -0.132. The quantitative estimate of drug-likeness (QED) is 0.618. The van der Waals surface area contributed by atoms with E-state index in [1.54, 1.807) is 0 Å². The zero-order chi connectivity index (χ0) is 22.7. The Balaban J connectivity index is 1.24. The van der Waals surface area contributed by atoms with E-state index in [0.717, 1.165) is 39.0 Å². The molecule has 0 unspecified atom stereocenters. The van der Waals surface area contributed by atoms with Gasteiger partial charge in [0.15, 0.2) is 10.8 Å². The van der Waals surface area contributed by atoms with Gasteiger partial charge in [-0.3, -0.25) is 14.5 Å². The highest BCUT2D eigenvalue weighted by Gasteiger charge is 2.23. The van der Waals surface area contributed by atoms with Crippen molar-refractivity contribution in [3.05, 3.63) is 58.3 Å². The number of hydrogen-bond donors (Lipinski definition) is 1. The molecule has 1 N–H and O–H groups in total. The molecule has 2 aromatic heterocycles. The van der Waals surface area contributed by atoms with Gasteiger partial charge in [-0.2, -0.15) is 0 Å². The van der Waals surface area contributed by atoms with E-state index in [2.05, 4.69) is 15.2 Å². The zero-order valence-corrected chi connectivity index (χ0v) is 19.5. The Morgan fingerprint density at radius 3 is 2.59 bits per heavy atom. The van der Waals surface area contributed by atoms with Crippen LogP contribution in [-0.2, 0) is 16.0 Å². The molecule has 1 fully saturated rings. The zero-order valence-electron chi connectivity index (χ0n) is 18.7. The molecule has 0 saturated carbocycles. The number of hydrogen-bond acceptors (Lipinski definition) is 6. The van der Waals surface area contributed by atoms with Crippen LogP contribution < -0.4 is 5.32 Å². The van der Waals surface area contributed by atoms with Crippen molar-refractivity contribution in [3.8, 4) is 10.8 Å². The molecule has 2 amide bonds. The monoisotopic (exact) mass is 452 g/mol. The molecule has 1 aromatic carbocycles. The second-order valence-electron chi connectivity index (χ2n) is 8.18. The second kappa shape index (κ2) is 9.67. The van der Waals surface area contributed by atoms with Crippen LogP contribution in [0.15, 0.2) is 40.1 Å². The lowest BCUT2D eigenvalue weighted by Gasteiger charge is -2.34. The number of rotatable bonds is 6. The van der Waals surface area contributed by atoms with Gasteiger partial charge in [0.25, 0.3) is 0 Å². The second-order valence-corrected chi connectivity index (χ2v) is 9.04. The number of carbonyl (C=O) groups is 2. The summed E-state index contributed by atoms with van der Waals surface area (Å²) in [6, 6.07) is 9.71. The molecule has 8 heteroatoms. The maximum absolute atomic E-state index is 12.7. The summed E-state index contributed by atoms with van der Waals surface area (Å²) >= 11 is 1.49. The minimum absolute atomic E-state index is 0.0263. The molecule has 7 nitrogen and oxygen atoms in total. The molecule has 0 spiro atoms. The van der Waals surface area contributed by atoms with Gasteiger partial charge in [-0.05, 0) is 50.1 Å². The molecule has 1 saturated heterocycles. The van der Waals surface area contributed by atoms with Crippen molar-refractivity contribution in [3.63, 3.8) is 0 Å². The van der Waals surface area contributed by atoms with Gasteiger partial charge < -0.3 is 14.6 Å². The van der Waals surface area contributed by atoms with E-state index in [0.29, 0.717) is 32.7 Å². The van der Waals surface area contributed by atoms with Crippen molar-refractivity contribution in [1.82, 2.24) is 14.8 Å². The third-order valence-corrected chi connectivity index (χ3v) is 6.71. The van der Waals surface area contributed by atoms with E-state index >= 15 is 0 Å². The summed E-state index contributed by atoms with van der Waals surface area (Å²) in [5.41, 5.74) is 3.86. The van der Waals surface area contributed by atoms with Crippen molar-refractivity contribution in [2.75, 3.05) is 38.0 Å². The Labute approximate surface area is 192 Å². The molecule has 1 aliphatic rings. The highest BCUT2D eigenvalue weighted by Crippen LogP contribution is 2.26. The van der Waals surface area contributed by atoms with Crippen molar-refractivity contribution in [2.24, 2.45) is 0 Å². The van der Waals surface area contributed by atoms with E-state index < -0.39 is 0 Å².